The molecule has 564 valence electrons. The predicted molar refractivity (Wildman–Crippen MR) is 348 cm³/mol. The first-order chi connectivity index (χ1) is 47.9. The van der Waals surface area contributed by atoms with Crippen LogP contribution in [0.2, 0.25) is 0 Å². The van der Waals surface area contributed by atoms with E-state index in [1.807, 2.05) is 20.8 Å². The lowest BCUT2D eigenvalue weighted by molar-refractivity contribution is -0.330. The fourth-order valence-electron chi connectivity index (χ4n) is 16.5. The molecule has 10 heterocycles. The highest BCUT2D eigenvalue weighted by Crippen LogP contribution is 2.53. The van der Waals surface area contributed by atoms with Gasteiger partial charge in [0, 0.05) is 69.8 Å². The van der Waals surface area contributed by atoms with Crippen molar-refractivity contribution in [1.82, 2.24) is 0 Å². The molecule has 0 bridgehead atoms. The number of Topliss-reactive ketones (excluding diaryl/α,β-unsaturated/α-hetero) is 1. The first-order valence-electron chi connectivity index (χ1n) is 36.2. The first-order valence-corrected chi connectivity index (χ1v) is 36.2. The van der Waals surface area contributed by atoms with Crippen LogP contribution in [0.3, 0.4) is 0 Å². The van der Waals surface area contributed by atoms with Crippen LogP contribution in [0.4, 0.5) is 0 Å². The van der Waals surface area contributed by atoms with Crippen molar-refractivity contribution in [2.24, 2.45) is 0 Å². The van der Waals surface area contributed by atoms with Crippen molar-refractivity contribution < 1.29 is 135 Å². The highest BCUT2D eigenvalue weighted by Gasteiger charge is 2.66. The molecule has 1 aromatic carbocycles. The molecular weight excluding hydrogens is 1330 g/mol. The summed E-state index contributed by atoms with van der Waals surface area (Å²) in [4.78, 5) is 41.1. The molecule has 101 heavy (non-hydrogen) atoms. The van der Waals surface area contributed by atoms with Gasteiger partial charge in [-0.3, -0.25) is 14.4 Å². The van der Waals surface area contributed by atoms with Gasteiger partial charge in [-0.2, -0.15) is 0 Å². The number of aliphatic hydroxyl groups excluding tert-OH is 5. The number of benzene rings is 1. The number of hydrogen-bond donors (Lipinski definition) is 8. The van der Waals surface area contributed by atoms with Crippen LogP contribution in [0.15, 0.2) is 39.6 Å². The molecule has 0 amide bonds. The summed E-state index contributed by atoms with van der Waals surface area (Å²) in [5.41, 5.74) is -8.08. The zero-order valence-corrected chi connectivity index (χ0v) is 58.8. The Labute approximate surface area is 585 Å². The van der Waals surface area contributed by atoms with E-state index in [4.69, 9.17) is 84.9 Å². The third kappa shape index (κ3) is 15.7. The molecule has 1 aromatic heterocycles. The molecule has 1 saturated carbocycles. The number of fused-ring (bicyclic) bond motifs is 4. The average molecular weight is 1430 g/mol. The maximum absolute atomic E-state index is 14.7. The summed E-state index contributed by atoms with van der Waals surface area (Å²) in [6.07, 6.45) is -12.6. The molecule has 13 rings (SSSR count). The fourth-order valence-corrected chi connectivity index (χ4v) is 16.5. The van der Waals surface area contributed by atoms with Crippen LogP contribution in [0.25, 0.3) is 17.0 Å². The molecule has 0 spiro atoms. The van der Waals surface area contributed by atoms with Gasteiger partial charge in [0.2, 0.25) is 0 Å². The molecule has 2 aliphatic carbocycles. The highest BCUT2D eigenvalue weighted by molar-refractivity contribution is 5.96. The van der Waals surface area contributed by atoms with E-state index >= 15 is 0 Å². The van der Waals surface area contributed by atoms with Crippen LogP contribution in [0, 0.1) is 0 Å². The number of rotatable bonds is 17. The van der Waals surface area contributed by atoms with Crippen molar-refractivity contribution in [3.8, 4) is 5.75 Å². The van der Waals surface area contributed by atoms with E-state index in [0.717, 1.165) is 0 Å². The van der Waals surface area contributed by atoms with Crippen LogP contribution < -0.4 is 5.43 Å². The second kappa shape index (κ2) is 30.4. The van der Waals surface area contributed by atoms with E-state index in [1.54, 1.807) is 54.5 Å². The van der Waals surface area contributed by atoms with E-state index in [1.165, 1.54) is 30.4 Å². The third-order valence-electron chi connectivity index (χ3n) is 22.3. The van der Waals surface area contributed by atoms with E-state index in [-0.39, 0.29) is 104 Å². The molecule has 9 fully saturated rings. The van der Waals surface area contributed by atoms with Gasteiger partial charge in [-0.25, -0.2) is 0 Å². The number of ether oxygens (including phenoxy) is 17. The average Bonchev–Trinajstić information content (AvgIpc) is 0.692. The summed E-state index contributed by atoms with van der Waals surface area (Å²) in [6, 6.07) is 2.80. The van der Waals surface area contributed by atoms with Crippen LogP contribution >= 0.6 is 0 Å². The summed E-state index contributed by atoms with van der Waals surface area (Å²) in [5, 5.41) is 92.4. The minimum atomic E-state index is -2.80. The second-order valence-electron chi connectivity index (χ2n) is 30.1. The van der Waals surface area contributed by atoms with Gasteiger partial charge in [0.25, 0.3) is 0 Å². The van der Waals surface area contributed by atoms with Gasteiger partial charge >= 0.3 is 0 Å². The first kappa shape index (κ1) is 75.3. The minimum absolute atomic E-state index is 0.00464. The molecule has 33 atom stereocenters. The number of aromatic hydroxyl groups is 1. The van der Waals surface area contributed by atoms with Gasteiger partial charge < -0.3 is 126 Å². The number of phenolic OH excluding ortho intramolecular Hbond substituents is 1. The van der Waals surface area contributed by atoms with Gasteiger partial charge in [-0.1, -0.05) is 6.07 Å². The maximum Gasteiger partial charge on any atom is 0.200 e. The Hall–Kier alpha value is -3.91. The van der Waals surface area contributed by atoms with Crippen molar-refractivity contribution in [1.29, 1.82) is 0 Å². The van der Waals surface area contributed by atoms with Gasteiger partial charge in [-0.15, -0.1) is 0 Å². The fraction of sp³-hybridized carbons (Fsp3) is 0.792. The quantitative estimate of drug-likeness (QED) is 0.111. The van der Waals surface area contributed by atoms with E-state index in [9.17, 15) is 55.2 Å². The molecule has 8 N–H and O–H groups in total. The minimum Gasteiger partial charge on any atom is -0.504 e. The lowest BCUT2D eigenvalue weighted by Crippen LogP contribution is -2.67. The normalized spacial score (nSPS) is 47.6. The second-order valence-corrected chi connectivity index (χ2v) is 30.1. The standard InChI is InChI=1S/C72H102O29/c1-31-43(73)13-17-55(86-31)94-47-15-19-57(88-34(47)4)99-68-39(9)92-59(25-46(68)76)100-67-38(8)85-51(24-45(67)75)41-11-12-42-65(80)62-49(98-69(42)66(41)81)21-22-71(82)30-70(10,28-54(77)72(62,71)83)101-58-20-16-48(35(5)89-58)95-60-27-53(64(79)37(7)90-60)97-61-26-52(63(78)36(6)91-61)93-40-23-50(33(3)84-29-40)96-56-18-14-44(74)32(2)87-56/h11-13,17,21-22,31-40,44-48,50-53,55-61,63-64,67-68,74-76,78-79,81-83H,14-16,18-20,23-30H2,1-10H3/t31-,32-,33-,34-,35-,36-,37-,38-,39-,40-,44-,45+,46-,47-,48-,50-,51+,52+,53+,55-,56-,57-,58-,59-,60-,61-,63+,64+,67+,68+,70-,71-,72-/m0/s1. The summed E-state index contributed by atoms with van der Waals surface area (Å²) >= 11 is 0. The molecule has 0 unspecified atom stereocenters. The largest absolute Gasteiger partial charge is 0.504 e. The van der Waals surface area contributed by atoms with Crippen LogP contribution in [0.5, 0.6) is 5.75 Å². The molecule has 2 aromatic rings. The highest BCUT2D eigenvalue weighted by atomic mass is 16.8. The Morgan fingerprint density at radius 3 is 1.74 bits per heavy atom. The van der Waals surface area contributed by atoms with Crippen molar-refractivity contribution in [3.05, 3.63) is 57.5 Å². The number of hydrogen-bond acceptors (Lipinski definition) is 29. The van der Waals surface area contributed by atoms with Gasteiger partial charge in [0.1, 0.15) is 41.9 Å². The Bertz CT molecular complexity index is 3340. The molecule has 29 heteroatoms. The smallest absolute Gasteiger partial charge is 0.200 e. The third-order valence-corrected chi connectivity index (χ3v) is 22.3. The zero-order chi connectivity index (χ0) is 71.9. The number of phenols is 1. The van der Waals surface area contributed by atoms with Gasteiger partial charge in [0.05, 0.1) is 133 Å². The molecule has 9 aliphatic heterocycles. The number of carbonyl (C=O) groups excluding carboxylic acids is 2. The molecular formula is C72H102O29. The van der Waals surface area contributed by atoms with Crippen LogP contribution in [-0.4, -0.2) is 249 Å². The summed E-state index contributed by atoms with van der Waals surface area (Å²) in [5.74, 6) is -1.79. The van der Waals surface area contributed by atoms with E-state index in [2.05, 4.69) is 0 Å². The van der Waals surface area contributed by atoms with Crippen molar-refractivity contribution in [3.63, 3.8) is 0 Å². The van der Waals surface area contributed by atoms with Crippen LogP contribution in [-0.2, 0) is 95.7 Å². The van der Waals surface area contributed by atoms with Crippen molar-refractivity contribution in [2.75, 3.05) is 6.61 Å². The Morgan fingerprint density at radius 2 is 1.08 bits per heavy atom. The number of ketones is 2. The van der Waals surface area contributed by atoms with E-state index in [0.29, 0.717) is 38.5 Å². The Morgan fingerprint density at radius 1 is 0.515 bits per heavy atom. The topological polar surface area (TPSA) is 383 Å². The SMILES string of the molecule is C[C@@H]1O[C@@H](O[C@H]2CC[C@H](O[C@@H]3[C@H](C)O[C@@H](O[C@H]4[C@H](O)C[C@H](c5ccc6c(=O)c7c(oc6c5O)C=C[C@]5(O)C[C@@](C)(O[C@H]6CC[C@H](O[C@H]8C[C@@H](O[C@H]9C[C@@H](O[C@@H]%10CO[C@@H](C)[C@@H](O[C@H]%11CC[C@H](O)[C@H](C)O%11)C%10)[C@H](O)[C@H](C)O9)[C@H](O)[C@H](C)O8)[C@H](C)O6)CC(=O)[C@]75O)O[C@H]4C)C[C@@H]3O)O[C@H]2C)C=CC1=O. The maximum atomic E-state index is 14.7. The molecule has 11 aliphatic rings. The lowest BCUT2D eigenvalue weighted by Gasteiger charge is -2.52. The lowest BCUT2D eigenvalue weighted by atomic mass is 9.60. The number of aliphatic hydroxyl groups is 7. The Balaban J connectivity index is 0.585. The van der Waals surface area contributed by atoms with Crippen LogP contribution in [0.1, 0.15) is 176 Å². The molecule has 0 radical (unpaired) electrons. The zero-order valence-electron chi connectivity index (χ0n) is 58.8. The summed E-state index contributed by atoms with van der Waals surface area (Å²) < 4.78 is 112. The van der Waals surface area contributed by atoms with Crippen molar-refractivity contribution in [2.45, 2.75) is 354 Å². The summed E-state index contributed by atoms with van der Waals surface area (Å²) in [7, 11) is 0. The molecule has 29 nitrogen and oxygen atoms in total. The predicted octanol–water partition coefficient (Wildman–Crippen LogP) is 3.96. The van der Waals surface area contributed by atoms with Gasteiger partial charge in [-0.05, 0) is 119 Å². The molecule has 8 saturated heterocycles. The summed E-state index contributed by atoms with van der Waals surface area (Å²) in [6.45, 7) is 17.9. The van der Waals surface area contributed by atoms with Gasteiger partial charge in [0.15, 0.2) is 78.0 Å². The number of carbonyl (C=O) groups is 2. The monoisotopic (exact) mass is 1430 g/mol. The van der Waals surface area contributed by atoms with Crippen molar-refractivity contribution >= 4 is 28.6 Å². The van der Waals surface area contributed by atoms with E-state index < -0.39 is 200 Å². The Kier molecular flexibility index (Phi) is 22.7.